The van der Waals surface area contributed by atoms with Crippen LogP contribution in [0.5, 0.6) is 5.75 Å². The number of halogens is 3. The molecule has 1 heterocycles. The van der Waals surface area contributed by atoms with Crippen LogP contribution >= 0.6 is 0 Å². The van der Waals surface area contributed by atoms with Gasteiger partial charge in [-0.15, -0.1) is 0 Å². The predicted molar refractivity (Wildman–Crippen MR) is 69.3 cm³/mol. The van der Waals surface area contributed by atoms with Crippen molar-refractivity contribution >= 4 is 11.9 Å². The quantitative estimate of drug-likeness (QED) is 0.924. The molecule has 1 N–H and O–H groups in total. The van der Waals surface area contributed by atoms with Crippen molar-refractivity contribution in [1.29, 1.82) is 0 Å². The van der Waals surface area contributed by atoms with Crippen LogP contribution in [-0.2, 0) is 15.8 Å². The van der Waals surface area contributed by atoms with Crippen molar-refractivity contribution in [3.63, 3.8) is 0 Å². The van der Waals surface area contributed by atoms with Crippen molar-refractivity contribution < 1.29 is 32.6 Å². The number of benzene rings is 1. The summed E-state index contributed by atoms with van der Waals surface area (Å²) in [7, 11) is 0. The van der Waals surface area contributed by atoms with Crippen LogP contribution in [0.15, 0.2) is 24.3 Å². The van der Waals surface area contributed by atoms with Crippen LogP contribution in [0.2, 0.25) is 0 Å². The molecule has 22 heavy (non-hydrogen) atoms. The van der Waals surface area contributed by atoms with Crippen molar-refractivity contribution in [2.45, 2.75) is 25.1 Å². The third kappa shape index (κ3) is 3.49. The van der Waals surface area contributed by atoms with E-state index in [1.54, 1.807) is 0 Å². The van der Waals surface area contributed by atoms with Gasteiger partial charge in [0.05, 0.1) is 5.56 Å². The minimum absolute atomic E-state index is 0.264. The number of para-hydroxylation sites is 1. The van der Waals surface area contributed by atoms with E-state index in [2.05, 4.69) is 0 Å². The van der Waals surface area contributed by atoms with Crippen LogP contribution in [0.3, 0.4) is 0 Å². The Bertz CT molecular complexity index is 573. The van der Waals surface area contributed by atoms with Crippen LogP contribution < -0.4 is 4.74 Å². The first-order valence-electron chi connectivity index (χ1n) is 6.62. The number of aliphatic carboxylic acids is 1. The van der Waals surface area contributed by atoms with E-state index >= 15 is 0 Å². The molecule has 8 heteroatoms. The van der Waals surface area contributed by atoms with E-state index in [-0.39, 0.29) is 6.54 Å². The number of carboxylic acid groups (broad SMARTS) is 1. The number of likely N-dealkylation sites (tertiary alicyclic amines) is 1. The van der Waals surface area contributed by atoms with Crippen LogP contribution in [-0.4, -0.2) is 41.1 Å². The maximum absolute atomic E-state index is 12.8. The summed E-state index contributed by atoms with van der Waals surface area (Å²) in [6.07, 6.45) is -3.71. The molecule has 0 aromatic heterocycles. The normalized spacial score (nSPS) is 18.3. The highest BCUT2D eigenvalue weighted by molar-refractivity contribution is 5.85. The molecule has 1 amide bonds. The molecule has 1 aromatic rings. The fourth-order valence-corrected chi connectivity index (χ4v) is 2.37. The average molecular weight is 317 g/mol. The Hall–Kier alpha value is -2.25. The van der Waals surface area contributed by atoms with Crippen LogP contribution in [0, 0.1) is 0 Å². The van der Waals surface area contributed by atoms with Gasteiger partial charge in [-0.25, -0.2) is 4.79 Å². The molecule has 120 valence electrons. The Morgan fingerprint density at radius 1 is 1.32 bits per heavy atom. The van der Waals surface area contributed by atoms with E-state index in [1.165, 1.54) is 12.1 Å². The first kappa shape index (κ1) is 16.1. The second-order valence-corrected chi connectivity index (χ2v) is 4.87. The number of hydrogen-bond donors (Lipinski definition) is 1. The van der Waals surface area contributed by atoms with Crippen molar-refractivity contribution in [3.8, 4) is 5.75 Å². The third-order valence-electron chi connectivity index (χ3n) is 3.40. The van der Waals surface area contributed by atoms with E-state index in [9.17, 15) is 22.8 Å². The van der Waals surface area contributed by atoms with E-state index in [0.717, 1.165) is 17.0 Å². The van der Waals surface area contributed by atoms with Crippen molar-refractivity contribution in [2.24, 2.45) is 0 Å². The van der Waals surface area contributed by atoms with E-state index < -0.39 is 42.0 Å². The molecule has 1 saturated heterocycles. The van der Waals surface area contributed by atoms with Crippen molar-refractivity contribution in [1.82, 2.24) is 4.90 Å². The molecule has 1 aromatic carbocycles. The molecule has 0 unspecified atom stereocenters. The maximum Gasteiger partial charge on any atom is 0.419 e. The van der Waals surface area contributed by atoms with Gasteiger partial charge in [0.25, 0.3) is 5.91 Å². The number of alkyl halides is 3. The highest BCUT2D eigenvalue weighted by atomic mass is 19.4. The Kier molecular flexibility index (Phi) is 4.58. The molecule has 1 aliphatic heterocycles. The summed E-state index contributed by atoms with van der Waals surface area (Å²) in [4.78, 5) is 24.1. The average Bonchev–Trinajstić information content (AvgIpc) is 2.93. The largest absolute Gasteiger partial charge is 0.483 e. The summed E-state index contributed by atoms with van der Waals surface area (Å²) < 4.78 is 43.3. The number of amides is 1. The lowest BCUT2D eigenvalue weighted by molar-refractivity contribution is -0.149. The number of nitrogens with zero attached hydrogens (tertiary/aromatic N) is 1. The lowest BCUT2D eigenvalue weighted by Crippen LogP contribution is -2.42. The predicted octanol–water partition coefficient (Wildman–Crippen LogP) is 2.16. The lowest BCUT2D eigenvalue weighted by atomic mass is 10.2. The number of ether oxygens (including phenoxy) is 1. The molecule has 1 aliphatic rings. The lowest BCUT2D eigenvalue weighted by Gasteiger charge is -2.22. The summed E-state index contributed by atoms with van der Waals surface area (Å²) >= 11 is 0. The van der Waals surface area contributed by atoms with Gasteiger partial charge in [0, 0.05) is 6.54 Å². The molecular formula is C14H14F3NO4. The Morgan fingerprint density at radius 2 is 2.00 bits per heavy atom. The first-order valence-corrected chi connectivity index (χ1v) is 6.62. The third-order valence-corrected chi connectivity index (χ3v) is 3.40. The minimum Gasteiger partial charge on any atom is -0.483 e. The fourth-order valence-electron chi connectivity index (χ4n) is 2.37. The molecule has 0 saturated carbocycles. The maximum atomic E-state index is 12.8. The Labute approximate surface area is 124 Å². The van der Waals surface area contributed by atoms with Crippen LogP contribution in [0.4, 0.5) is 13.2 Å². The number of carbonyl (C=O) groups excluding carboxylic acids is 1. The molecule has 5 nitrogen and oxygen atoms in total. The number of carbonyl (C=O) groups is 2. The second kappa shape index (κ2) is 6.25. The number of hydrogen-bond acceptors (Lipinski definition) is 3. The SMILES string of the molecule is O=C(O)[C@@H]1CCCN1C(=O)COc1ccccc1C(F)(F)F. The van der Waals surface area contributed by atoms with E-state index in [1.807, 2.05) is 0 Å². The van der Waals surface area contributed by atoms with Crippen molar-refractivity contribution in [2.75, 3.05) is 13.2 Å². The molecule has 1 fully saturated rings. The molecule has 1 atom stereocenters. The fraction of sp³-hybridized carbons (Fsp3) is 0.429. The van der Waals surface area contributed by atoms with Crippen LogP contribution in [0.1, 0.15) is 18.4 Å². The zero-order chi connectivity index (χ0) is 16.3. The molecule has 0 aliphatic carbocycles. The Morgan fingerprint density at radius 3 is 2.64 bits per heavy atom. The van der Waals surface area contributed by atoms with Gasteiger partial charge in [0.1, 0.15) is 11.8 Å². The summed E-state index contributed by atoms with van der Waals surface area (Å²) in [5.41, 5.74) is -0.973. The summed E-state index contributed by atoms with van der Waals surface area (Å²) in [6, 6.07) is 3.63. The van der Waals surface area contributed by atoms with E-state index in [0.29, 0.717) is 12.8 Å². The topological polar surface area (TPSA) is 66.8 Å². The van der Waals surface area contributed by atoms with Gasteiger partial charge < -0.3 is 14.7 Å². The van der Waals surface area contributed by atoms with Gasteiger partial charge in [0.15, 0.2) is 6.61 Å². The van der Waals surface area contributed by atoms with Gasteiger partial charge in [0.2, 0.25) is 0 Å². The van der Waals surface area contributed by atoms with Crippen molar-refractivity contribution in [3.05, 3.63) is 29.8 Å². The summed E-state index contributed by atoms with van der Waals surface area (Å²) in [5, 5.41) is 8.99. The zero-order valence-corrected chi connectivity index (χ0v) is 11.5. The zero-order valence-electron chi connectivity index (χ0n) is 11.5. The van der Waals surface area contributed by atoms with Gasteiger partial charge in [-0.1, -0.05) is 12.1 Å². The Balaban J connectivity index is 2.05. The minimum atomic E-state index is -4.59. The van der Waals surface area contributed by atoms with Crippen LogP contribution in [0.25, 0.3) is 0 Å². The molecule has 0 radical (unpaired) electrons. The highest BCUT2D eigenvalue weighted by Gasteiger charge is 2.36. The molecule has 2 rings (SSSR count). The van der Waals surface area contributed by atoms with Gasteiger partial charge in [-0.05, 0) is 25.0 Å². The van der Waals surface area contributed by atoms with Gasteiger partial charge in [-0.3, -0.25) is 4.79 Å². The monoisotopic (exact) mass is 317 g/mol. The molecule has 0 spiro atoms. The second-order valence-electron chi connectivity index (χ2n) is 4.87. The van der Waals surface area contributed by atoms with Gasteiger partial charge >= 0.3 is 12.1 Å². The van der Waals surface area contributed by atoms with Gasteiger partial charge in [-0.2, -0.15) is 13.2 Å². The molecular weight excluding hydrogens is 303 g/mol. The standard InChI is InChI=1S/C14H14F3NO4/c15-14(16,17)9-4-1-2-6-11(9)22-8-12(19)18-7-3-5-10(18)13(20)21/h1-2,4,6,10H,3,5,7-8H2,(H,20,21)/t10-/m0/s1. The number of carboxylic acids is 1. The highest BCUT2D eigenvalue weighted by Crippen LogP contribution is 2.35. The number of rotatable bonds is 4. The first-order chi connectivity index (χ1) is 10.3. The summed E-state index contributed by atoms with van der Waals surface area (Å²) in [5.74, 6) is -2.21. The smallest absolute Gasteiger partial charge is 0.419 e. The van der Waals surface area contributed by atoms with E-state index in [4.69, 9.17) is 9.84 Å². The molecule has 0 bridgehead atoms. The summed E-state index contributed by atoms with van der Waals surface area (Å²) in [6.45, 7) is -0.364.